The second-order valence-corrected chi connectivity index (χ2v) is 6.46. The molecule has 0 aromatic rings. The van der Waals surface area contributed by atoms with E-state index in [-0.39, 0.29) is 11.4 Å². The lowest BCUT2D eigenvalue weighted by Gasteiger charge is -2.37. The van der Waals surface area contributed by atoms with Gasteiger partial charge in [0.05, 0.1) is 7.11 Å². The second kappa shape index (κ2) is 6.53. The standard InChI is InChI=1S/C14H28N2O2/c1-11-5-7-16(8-6-11)10-14(2,3)9-12(15)13(17)18-4/h11-12H,5-10,15H2,1-4H3. The highest BCUT2D eigenvalue weighted by Crippen LogP contribution is 2.26. The molecule has 0 bridgehead atoms. The Labute approximate surface area is 111 Å². The van der Waals surface area contributed by atoms with Crippen molar-refractivity contribution in [1.82, 2.24) is 4.90 Å². The maximum Gasteiger partial charge on any atom is 0.322 e. The molecule has 0 aromatic carbocycles. The molecule has 0 spiro atoms. The third-order valence-corrected chi connectivity index (χ3v) is 3.80. The van der Waals surface area contributed by atoms with Crippen LogP contribution in [0.2, 0.25) is 0 Å². The fourth-order valence-corrected chi connectivity index (χ4v) is 2.72. The lowest BCUT2D eigenvalue weighted by Crippen LogP contribution is -2.43. The molecule has 18 heavy (non-hydrogen) atoms. The van der Waals surface area contributed by atoms with Gasteiger partial charge in [-0.3, -0.25) is 4.79 Å². The van der Waals surface area contributed by atoms with Crippen LogP contribution >= 0.6 is 0 Å². The first-order valence-corrected chi connectivity index (χ1v) is 6.90. The minimum Gasteiger partial charge on any atom is -0.468 e. The van der Waals surface area contributed by atoms with E-state index in [1.165, 1.54) is 20.0 Å². The molecule has 2 N–H and O–H groups in total. The van der Waals surface area contributed by atoms with Gasteiger partial charge < -0.3 is 15.4 Å². The Hall–Kier alpha value is -0.610. The van der Waals surface area contributed by atoms with Crippen molar-refractivity contribution < 1.29 is 9.53 Å². The van der Waals surface area contributed by atoms with Gasteiger partial charge >= 0.3 is 5.97 Å². The summed E-state index contributed by atoms with van der Waals surface area (Å²) in [7, 11) is 1.39. The number of methoxy groups -OCH3 is 1. The summed E-state index contributed by atoms with van der Waals surface area (Å²) in [4.78, 5) is 13.9. The summed E-state index contributed by atoms with van der Waals surface area (Å²) in [5, 5.41) is 0. The van der Waals surface area contributed by atoms with Gasteiger partial charge in [0.1, 0.15) is 6.04 Å². The van der Waals surface area contributed by atoms with Crippen molar-refractivity contribution in [1.29, 1.82) is 0 Å². The van der Waals surface area contributed by atoms with Crippen molar-refractivity contribution in [2.45, 2.75) is 46.1 Å². The molecule has 4 heteroatoms. The van der Waals surface area contributed by atoms with E-state index in [1.54, 1.807) is 0 Å². The monoisotopic (exact) mass is 256 g/mol. The molecular formula is C14H28N2O2. The van der Waals surface area contributed by atoms with Crippen molar-refractivity contribution >= 4 is 5.97 Å². The molecule has 1 rings (SSSR count). The second-order valence-electron chi connectivity index (χ2n) is 6.46. The zero-order valence-electron chi connectivity index (χ0n) is 12.2. The number of esters is 1. The SMILES string of the molecule is COC(=O)C(N)CC(C)(C)CN1CCC(C)CC1. The van der Waals surface area contributed by atoms with Crippen LogP contribution in [0.15, 0.2) is 0 Å². The fourth-order valence-electron chi connectivity index (χ4n) is 2.72. The number of carbonyl (C=O) groups is 1. The highest BCUT2D eigenvalue weighted by molar-refractivity contribution is 5.75. The summed E-state index contributed by atoms with van der Waals surface area (Å²) in [6.07, 6.45) is 3.23. The lowest BCUT2D eigenvalue weighted by atomic mass is 9.84. The fraction of sp³-hybridized carbons (Fsp3) is 0.929. The molecule has 0 radical (unpaired) electrons. The van der Waals surface area contributed by atoms with Gasteiger partial charge in [-0.2, -0.15) is 0 Å². The molecule has 0 aliphatic carbocycles. The van der Waals surface area contributed by atoms with Crippen LogP contribution in [0.25, 0.3) is 0 Å². The maximum atomic E-state index is 11.4. The quantitative estimate of drug-likeness (QED) is 0.760. The Morgan fingerprint density at radius 1 is 1.44 bits per heavy atom. The van der Waals surface area contributed by atoms with Gasteiger partial charge in [0.2, 0.25) is 0 Å². The van der Waals surface area contributed by atoms with Gasteiger partial charge in [-0.15, -0.1) is 0 Å². The number of ether oxygens (including phenoxy) is 1. The van der Waals surface area contributed by atoms with E-state index in [9.17, 15) is 4.79 Å². The van der Waals surface area contributed by atoms with Crippen molar-refractivity contribution in [2.75, 3.05) is 26.7 Å². The smallest absolute Gasteiger partial charge is 0.322 e. The molecule has 1 heterocycles. The third kappa shape index (κ3) is 4.94. The van der Waals surface area contributed by atoms with Crippen molar-refractivity contribution in [3.05, 3.63) is 0 Å². The van der Waals surface area contributed by atoms with Crippen LogP contribution in [0.1, 0.15) is 40.0 Å². The Morgan fingerprint density at radius 2 is 2.00 bits per heavy atom. The van der Waals surface area contributed by atoms with Crippen molar-refractivity contribution in [3.63, 3.8) is 0 Å². The van der Waals surface area contributed by atoms with Gasteiger partial charge in [0.15, 0.2) is 0 Å². The van der Waals surface area contributed by atoms with E-state index < -0.39 is 6.04 Å². The molecule has 1 fully saturated rings. The molecule has 0 saturated carbocycles. The Morgan fingerprint density at radius 3 is 2.50 bits per heavy atom. The van der Waals surface area contributed by atoms with Crippen LogP contribution in [0.3, 0.4) is 0 Å². The molecule has 1 aliphatic heterocycles. The Bertz CT molecular complexity index is 271. The Kier molecular flexibility index (Phi) is 5.60. The number of rotatable bonds is 5. The topological polar surface area (TPSA) is 55.6 Å². The molecule has 0 amide bonds. The van der Waals surface area contributed by atoms with Gasteiger partial charge in [-0.05, 0) is 43.7 Å². The minimum atomic E-state index is -0.506. The Balaban J connectivity index is 2.41. The van der Waals surface area contributed by atoms with E-state index in [0.717, 1.165) is 25.6 Å². The molecular weight excluding hydrogens is 228 g/mol. The zero-order chi connectivity index (χ0) is 13.8. The predicted molar refractivity (Wildman–Crippen MR) is 73.2 cm³/mol. The highest BCUT2D eigenvalue weighted by Gasteiger charge is 2.29. The first kappa shape index (κ1) is 15.4. The molecule has 1 atom stereocenters. The van der Waals surface area contributed by atoms with Crippen molar-refractivity contribution in [3.8, 4) is 0 Å². The van der Waals surface area contributed by atoms with E-state index in [4.69, 9.17) is 5.73 Å². The van der Waals surface area contributed by atoms with Gasteiger partial charge in [-0.25, -0.2) is 0 Å². The maximum absolute atomic E-state index is 11.4. The van der Waals surface area contributed by atoms with Gasteiger partial charge in [0, 0.05) is 6.54 Å². The van der Waals surface area contributed by atoms with Crippen LogP contribution in [-0.2, 0) is 9.53 Å². The number of nitrogens with two attached hydrogens (primary N) is 1. The summed E-state index contributed by atoms with van der Waals surface area (Å²) in [6, 6.07) is -0.506. The number of likely N-dealkylation sites (tertiary alicyclic amines) is 1. The number of hydrogen-bond acceptors (Lipinski definition) is 4. The molecule has 1 saturated heterocycles. The first-order chi connectivity index (χ1) is 8.34. The summed E-state index contributed by atoms with van der Waals surface area (Å²) in [5.74, 6) is 0.539. The normalized spacial score (nSPS) is 20.7. The van der Waals surface area contributed by atoms with Crippen LogP contribution in [0, 0.1) is 11.3 Å². The zero-order valence-corrected chi connectivity index (χ0v) is 12.2. The molecule has 0 aromatic heterocycles. The predicted octanol–water partition coefficient (Wildman–Crippen LogP) is 1.63. The van der Waals surface area contributed by atoms with Crippen molar-refractivity contribution in [2.24, 2.45) is 17.1 Å². The van der Waals surface area contributed by atoms with Crippen LogP contribution < -0.4 is 5.73 Å². The van der Waals surface area contributed by atoms with Crippen LogP contribution in [-0.4, -0.2) is 43.7 Å². The van der Waals surface area contributed by atoms with E-state index in [1.807, 2.05) is 0 Å². The summed E-state index contributed by atoms with van der Waals surface area (Å²) in [6.45, 7) is 10.00. The molecule has 1 aliphatic rings. The number of piperidine rings is 1. The number of hydrogen-bond donors (Lipinski definition) is 1. The number of carbonyl (C=O) groups excluding carboxylic acids is 1. The number of nitrogens with zero attached hydrogens (tertiary/aromatic N) is 1. The third-order valence-electron chi connectivity index (χ3n) is 3.80. The first-order valence-electron chi connectivity index (χ1n) is 6.90. The average molecular weight is 256 g/mol. The molecule has 4 nitrogen and oxygen atoms in total. The van der Waals surface area contributed by atoms with Crippen LogP contribution in [0.4, 0.5) is 0 Å². The van der Waals surface area contributed by atoms with Gasteiger partial charge in [0.25, 0.3) is 0 Å². The largest absolute Gasteiger partial charge is 0.468 e. The average Bonchev–Trinajstić information content (AvgIpc) is 2.30. The van der Waals surface area contributed by atoms with Crippen LogP contribution in [0.5, 0.6) is 0 Å². The summed E-state index contributed by atoms with van der Waals surface area (Å²) in [5.41, 5.74) is 5.90. The summed E-state index contributed by atoms with van der Waals surface area (Å²) < 4.78 is 4.68. The molecule has 1 unspecified atom stereocenters. The minimum absolute atomic E-state index is 0.0498. The molecule has 106 valence electrons. The highest BCUT2D eigenvalue weighted by atomic mass is 16.5. The van der Waals surface area contributed by atoms with Gasteiger partial charge in [-0.1, -0.05) is 20.8 Å². The van der Waals surface area contributed by atoms with E-state index in [2.05, 4.69) is 30.4 Å². The van der Waals surface area contributed by atoms with E-state index >= 15 is 0 Å². The lowest BCUT2D eigenvalue weighted by molar-refractivity contribution is -0.143. The van der Waals surface area contributed by atoms with E-state index in [0.29, 0.717) is 6.42 Å². The summed E-state index contributed by atoms with van der Waals surface area (Å²) >= 11 is 0.